The van der Waals surface area contributed by atoms with Crippen LogP contribution in [-0.2, 0) is 6.54 Å². The van der Waals surface area contributed by atoms with Crippen molar-refractivity contribution in [2.24, 2.45) is 4.99 Å². The van der Waals surface area contributed by atoms with E-state index in [0.717, 1.165) is 11.1 Å². The maximum Gasteiger partial charge on any atom is 0.401 e. The van der Waals surface area contributed by atoms with Gasteiger partial charge in [0.25, 0.3) is 0 Å². The minimum absolute atomic E-state index is 0. The normalized spacial score (nSPS) is 17.8. The first-order valence-corrected chi connectivity index (χ1v) is 9.10. The molecule has 1 aromatic carbocycles. The minimum atomic E-state index is -4.17. The third kappa shape index (κ3) is 7.18. The molecule has 0 amide bonds. The summed E-state index contributed by atoms with van der Waals surface area (Å²) in [6, 6.07) is 7.81. The second-order valence-corrected chi connectivity index (χ2v) is 6.92. The number of oxazole rings is 1. The number of rotatable bonds is 5. The quantitative estimate of drug-likeness (QED) is 0.357. The van der Waals surface area contributed by atoms with E-state index in [-0.39, 0.29) is 30.0 Å². The van der Waals surface area contributed by atoms with Crippen molar-refractivity contribution in [2.45, 2.75) is 32.1 Å². The Hall–Kier alpha value is -1.82. The summed E-state index contributed by atoms with van der Waals surface area (Å²) < 4.78 is 43.0. The zero-order chi connectivity index (χ0) is 20.1. The Labute approximate surface area is 185 Å². The average Bonchev–Trinajstić information content (AvgIpc) is 3.27. The summed E-state index contributed by atoms with van der Waals surface area (Å²) in [6.45, 7) is 2.28. The summed E-state index contributed by atoms with van der Waals surface area (Å²) in [5, 5.41) is 6.29. The molecule has 0 aliphatic carbocycles. The van der Waals surface area contributed by atoms with Gasteiger partial charge in [-0.1, -0.05) is 17.7 Å². The third-order valence-corrected chi connectivity index (χ3v) is 4.53. The maximum atomic E-state index is 12.5. The van der Waals surface area contributed by atoms with E-state index < -0.39 is 12.7 Å². The lowest BCUT2D eigenvalue weighted by Gasteiger charge is -2.19. The third-order valence-electron chi connectivity index (χ3n) is 4.53. The second kappa shape index (κ2) is 10.3. The Morgan fingerprint density at radius 1 is 1.31 bits per heavy atom. The molecule has 0 spiro atoms. The van der Waals surface area contributed by atoms with Crippen molar-refractivity contribution in [2.75, 3.05) is 26.7 Å². The fourth-order valence-corrected chi connectivity index (χ4v) is 3.13. The number of hydrogen-bond donors (Lipinski definition) is 2. The molecular formula is C19H25F3IN5O. The summed E-state index contributed by atoms with van der Waals surface area (Å²) in [7, 11) is 1.62. The van der Waals surface area contributed by atoms with E-state index in [2.05, 4.69) is 20.6 Å². The molecule has 0 saturated carbocycles. The highest BCUT2D eigenvalue weighted by molar-refractivity contribution is 14.0. The summed E-state index contributed by atoms with van der Waals surface area (Å²) in [4.78, 5) is 9.99. The van der Waals surface area contributed by atoms with Gasteiger partial charge in [-0.3, -0.25) is 9.89 Å². The smallest absolute Gasteiger partial charge is 0.401 e. The van der Waals surface area contributed by atoms with Gasteiger partial charge in [-0.05, 0) is 25.5 Å². The number of nitrogens with one attached hydrogen (secondary N) is 2. The molecule has 160 valence electrons. The van der Waals surface area contributed by atoms with Crippen molar-refractivity contribution < 1.29 is 17.6 Å². The molecule has 6 nitrogen and oxygen atoms in total. The SMILES string of the molecule is CN=C(NCc1coc(-c2ccc(C)cc2)n1)NC1CCN(CC(F)(F)F)C1.I. The van der Waals surface area contributed by atoms with E-state index in [9.17, 15) is 13.2 Å². The number of halogens is 4. The topological polar surface area (TPSA) is 65.7 Å². The number of aliphatic imine (C=N–C) groups is 1. The van der Waals surface area contributed by atoms with Gasteiger partial charge in [0.2, 0.25) is 5.89 Å². The minimum Gasteiger partial charge on any atom is -0.444 e. The van der Waals surface area contributed by atoms with E-state index in [1.807, 2.05) is 31.2 Å². The van der Waals surface area contributed by atoms with Crippen LogP contribution in [0.3, 0.4) is 0 Å². The van der Waals surface area contributed by atoms with Crippen molar-refractivity contribution >= 4 is 29.9 Å². The number of aryl methyl sites for hydroxylation is 1. The van der Waals surface area contributed by atoms with E-state index in [1.165, 1.54) is 4.90 Å². The molecule has 1 fully saturated rings. The van der Waals surface area contributed by atoms with Gasteiger partial charge in [-0.15, -0.1) is 24.0 Å². The van der Waals surface area contributed by atoms with Gasteiger partial charge in [0.05, 0.1) is 18.8 Å². The average molecular weight is 523 g/mol. The lowest BCUT2D eigenvalue weighted by Crippen LogP contribution is -2.44. The van der Waals surface area contributed by atoms with Gasteiger partial charge < -0.3 is 15.1 Å². The molecule has 1 unspecified atom stereocenters. The largest absolute Gasteiger partial charge is 0.444 e. The van der Waals surface area contributed by atoms with Crippen molar-refractivity contribution in [3.63, 3.8) is 0 Å². The van der Waals surface area contributed by atoms with Crippen molar-refractivity contribution in [1.82, 2.24) is 20.5 Å². The fourth-order valence-electron chi connectivity index (χ4n) is 3.13. The van der Waals surface area contributed by atoms with Crippen LogP contribution in [0.2, 0.25) is 0 Å². The zero-order valence-electron chi connectivity index (χ0n) is 16.3. The molecule has 10 heteroatoms. The van der Waals surface area contributed by atoms with E-state index in [1.54, 1.807) is 13.3 Å². The molecule has 1 saturated heterocycles. The van der Waals surface area contributed by atoms with Gasteiger partial charge in [-0.25, -0.2) is 4.98 Å². The van der Waals surface area contributed by atoms with E-state index >= 15 is 0 Å². The number of guanidine groups is 1. The lowest BCUT2D eigenvalue weighted by atomic mass is 10.1. The monoisotopic (exact) mass is 523 g/mol. The predicted molar refractivity (Wildman–Crippen MR) is 116 cm³/mol. The van der Waals surface area contributed by atoms with Gasteiger partial charge in [0.15, 0.2) is 5.96 Å². The Morgan fingerprint density at radius 2 is 2.03 bits per heavy atom. The van der Waals surface area contributed by atoms with Crippen LogP contribution >= 0.6 is 24.0 Å². The number of aromatic nitrogens is 1. The number of alkyl halides is 3. The Bertz CT molecular complexity index is 807. The first-order chi connectivity index (χ1) is 13.3. The molecule has 1 aliphatic heterocycles. The van der Waals surface area contributed by atoms with Crippen molar-refractivity contribution in [3.05, 3.63) is 41.8 Å². The highest BCUT2D eigenvalue weighted by atomic mass is 127. The van der Waals surface area contributed by atoms with Crippen molar-refractivity contribution in [3.8, 4) is 11.5 Å². The Morgan fingerprint density at radius 3 is 2.69 bits per heavy atom. The van der Waals surface area contributed by atoms with Gasteiger partial charge in [0, 0.05) is 31.7 Å². The molecule has 2 heterocycles. The van der Waals surface area contributed by atoms with Gasteiger partial charge >= 0.3 is 6.18 Å². The number of benzene rings is 1. The van der Waals surface area contributed by atoms with Crippen LogP contribution in [-0.4, -0.2) is 54.7 Å². The first-order valence-electron chi connectivity index (χ1n) is 9.10. The Kier molecular flexibility index (Phi) is 8.32. The molecule has 29 heavy (non-hydrogen) atoms. The molecule has 2 N–H and O–H groups in total. The number of likely N-dealkylation sites (tertiary alicyclic amines) is 1. The van der Waals surface area contributed by atoms with Crippen LogP contribution < -0.4 is 10.6 Å². The fraction of sp³-hybridized carbons (Fsp3) is 0.474. The van der Waals surface area contributed by atoms with Crippen LogP contribution in [0.1, 0.15) is 17.7 Å². The Balaban J connectivity index is 0.00000300. The summed E-state index contributed by atoms with van der Waals surface area (Å²) in [5.41, 5.74) is 2.77. The molecular weight excluding hydrogens is 498 g/mol. The van der Waals surface area contributed by atoms with Crippen LogP contribution in [0.15, 0.2) is 39.9 Å². The standard InChI is InChI=1S/C19H24F3N5O.HI/c1-13-3-5-14(6-4-13)17-25-16(11-28-17)9-24-18(23-2)26-15-7-8-27(10-15)12-19(20,21)22;/h3-6,11,15H,7-10,12H2,1-2H3,(H2,23,24,26);1H. The number of hydrogen-bond acceptors (Lipinski definition) is 4. The predicted octanol–water partition coefficient (Wildman–Crippen LogP) is 3.57. The maximum absolute atomic E-state index is 12.5. The van der Waals surface area contributed by atoms with Crippen LogP contribution in [0.5, 0.6) is 0 Å². The van der Waals surface area contributed by atoms with Crippen LogP contribution in [0.4, 0.5) is 13.2 Å². The molecule has 1 atom stereocenters. The highest BCUT2D eigenvalue weighted by Crippen LogP contribution is 2.20. The van der Waals surface area contributed by atoms with Gasteiger partial charge in [0.1, 0.15) is 6.26 Å². The molecule has 0 bridgehead atoms. The molecule has 3 rings (SSSR count). The molecule has 1 aliphatic rings. The van der Waals surface area contributed by atoms with E-state index in [0.29, 0.717) is 43.6 Å². The molecule has 1 aromatic heterocycles. The summed E-state index contributed by atoms with van der Waals surface area (Å²) >= 11 is 0. The van der Waals surface area contributed by atoms with Gasteiger partial charge in [-0.2, -0.15) is 13.2 Å². The second-order valence-electron chi connectivity index (χ2n) is 6.92. The first kappa shape index (κ1) is 23.5. The highest BCUT2D eigenvalue weighted by Gasteiger charge is 2.34. The lowest BCUT2D eigenvalue weighted by molar-refractivity contribution is -0.143. The zero-order valence-corrected chi connectivity index (χ0v) is 18.6. The van der Waals surface area contributed by atoms with Crippen LogP contribution in [0.25, 0.3) is 11.5 Å². The summed E-state index contributed by atoms with van der Waals surface area (Å²) in [6.07, 6.45) is -1.95. The number of nitrogens with zero attached hydrogens (tertiary/aromatic N) is 3. The molecule has 0 radical (unpaired) electrons. The van der Waals surface area contributed by atoms with Crippen LogP contribution in [0, 0.1) is 6.92 Å². The summed E-state index contributed by atoms with van der Waals surface area (Å²) in [5.74, 6) is 1.07. The van der Waals surface area contributed by atoms with Crippen molar-refractivity contribution in [1.29, 1.82) is 0 Å². The van der Waals surface area contributed by atoms with E-state index in [4.69, 9.17) is 4.42 Å². The molecule has 2 aromatic rings.